The summed E-state index contributed by atoms with van der Waals surface area (Å²) in [6, 6.07) is 6.51. The molecule has 2 rings (SSSR count). The average Bonchev–Trinajstić information content (AvgIpc) is 2.85. The van der Waals surface area contributed by atoms with E-state index >= 15 is 0 Å². The van der Waals surface area contributed by atoms with Crippen LogP contribution in [0.4, 0.5) is 15.7 Å². The Hall–Kier alpha value is -1.80. The molecule has 24 heavy (non-hydrogen) atoms. The van der Waals surface area contributed by atoms with Crippen LogP contribution in [0.3, 0.4) is 0 Å². The number of rotatable bonds is 5. The van der Waals surface area contributed by atoms with Crippen LogP contribution in [-0.2, 0) is 4.79 Å². The number of amides is 2. The Labute approximate surface area is 152 Å². The number of aliphatic hydroxyl groups is 1. The van der Waals surface area contributed by atoms with E-state index in [0.717, 1.165) is 11.3 Å². The summed E-state index contributed by atoms with van der Waals surface area (Å²) in [6.07, 6.45) is 0. The molecule has 1 aromatic heterocycles. The van der Waals surface area contributed by atoms with Crippen LogP contribution in [0, 0.1) is 0 Å². The summed E-state index contributed by atoms with van der Waals surface area (Å²) in [5, 5.41) is 16.7. The van der Waals surface area contributed by atoms with E-state index in [1.807, 2.05) is 0 Å². The molecular weight excluding hydrogens is 373 g/mol. The fraction of sp³-hybridized carbons (Fsp3) is 0.200. The van der Waals surface area contributed by atoms with Crippen LogP contribution in [0.15, 0.2) is 24.3 Å². The van der Waals surface area contributed by atoms with Crippen LogP contribution in [0.5, 0.6) is 0 Å². The van der Waals surface area contributed by atoms with Gasteiger partial charge in [-0.05, 0) is 32.0 Å². The van der Waals surface area contributed by atoms with Crippen LogP contribution >= 0.6 is 34.5 Å². The molecule has 0 aliphatic heterocycles. The number of thiophene rings is 1. The van der Waals surface area contributed by atoms with Crippen LogP contribution in [0.25, 0.3) is 0 Å². The third-order valence-corrected chi connectivity index (χ3v) is 4.59. The molecule has 0 atom stereocenters. The molecule has 0 spiro atoms. The standard InChI is InChI=1S/C15H15Cl2N3O3S/c1-15(2,23)14(22)20-13-7(12(18)21)6-10(24-13)19-11-8(16)4-3-5-9(11)17/h3-6,19,23H,1-2H3,(H2,18,21)(H,20,22). The number of primary amides is 1. The molecule has 1 aromatic carbocycles. The third kappa shape index (κ3) is 4.18. The number of para-hydroxylation sites is 1. The minimum atomic E-state index is -1.60. The van der Waals surface area contributed by atoms with Gasteiger partial charge in [0.05, 0.1) is 26.3 Å². The maximum absolute atomic E-state index is 11.9. The van der Waals surface area contributed by atoms with Crippen molar-refractivity contribution < 1.29 is 14.7 Å². The van der Waals surface area contributed by atoms with E-state index in [1.165, 1.54) is 19.9 Å². The zero-order valence-electron chi connectivity index (χ0n) is 12.8. The predicted octanol–water partition coefficient (Wildman–Crippen LogP) is 3.61. The predicted molar refractivity (Wildman–Crippen MR) is 97.5 cm³/mol. The van der Waals surface area contributed by atoms with Gasteiger partial charge in [-0.1, -0.05) is 40.6 Å². The molecule has 0 saturated heterocycles. The van der Waals surface area contributed by atoms with Gasteiger partial charge in [-0.15, -0.1) is 0 Å². The van der Waals surface area contributed by atoms with E-state index < -0.39 is 17.4 Å². The first-order chi connectivity index (χ1) is 11.1. The quantitative estimate of drug-likeness (QED) is 0.628. The first kappa shape index (κ1) is 18.5. The molecule has 0 saturated carbocycles. The highest BCUT2D eigenvalue weighted by atomic mass is 35.5. The van der Waals surface area contributed by atoms with Gasteiger partial charge in [0, 0.05) is 0 Å². The van der Waals surface area contributed by atoms with Crippen LogP contribution in [-0.4, -0.2) is 22.5 Å². The number of carbonyl (C=O) groups is 2. The Morgan fingerprint density at radius 2 is 1.83 bits per heavy atom. The van der Waals surface area contributed by atoms with E-state index in [-0.39, 0.29) is 10.6 Å². The zero-order valence-corrected chi connectivity index (χ0v) is 15.1. The second-order valence-corrected chi connectivity index (χ2v) is 7.32. The summed E-state index contributed by atoms with van der Waals surface area (Å²) in [6.45, 7) is 2.67. The Balaban J connectivity index is 2.35. The fourth-order valence-electron chi connectivity index (χ4n) is 1.73. The van der Waals surface area contributed by atoms with E-state index in [9.17, 15) is 14.7 Å². The smallest absolute Gasteiger partial charge is 0.256 e. The molecule has 2 aromatic rings. The number of nitrogens with two attached hydrogens (primary N) is 1. The van der Waals surface area contributed by atoms with Crippen molar-refractivity contribution in [2.24, 2.45) is 5.73 Å². The molecule has 0 unspecified atom stereocenters. The molecule has 128 valence electrons. The lowest BCUT2D eigenvalue weighted by atomic mass is 10.1. The van der Waals surface area contributed by atoms with Crippen molar-refractivity contribution in [3.63, 3.8) is 0 Å². The number of carbonyl (C=O) groups excluding carboxylic acids is 2. The van der Waals surface area contributed by atoms with Gasteiger partial charge in [0.25, 0.3) is 11.8 Å². The number of halogens is 2. The van der Waals surface area contributed by atoms with Crippen molar-refractivity contribution in [3.8, 4) is 0 Å². The van der Waals surface area contributed by atoms with E-state index in [4.69, 9.17) is 28.9 Å². The van der Waals surface area contributed by atoms with Gasteiger partial charge < -0.3 is 21.5 Å². The highest BCUT2D eigenvalue weighted by Crippen LogP contribution is 2.38. The van der Waals surface area contributed by atoms with Crippen LogP contribution in [0.2, 0.25) is 10.0 Å². The maximum Gasteiger partial charge on any atom is 0.256 e. The molecule has 0 aliphatic rings. The maximum atomic E-state index is 11.9. The number of anilines is 3. The second kappa shape index (κ2) is 6.98. The normalized spacial score (nSPS) is 11.2. The average molecular weight is 388 g/mol. The minimum Gasteiger partial charge on any atom is -0.381 e. The van der Waals surface area contributed by atoms with Gasteiger partial charge in [0.15, 0.2) is 0 Å². The third-order valence-electron chi connectivity index (χ3n) is 2.99. The summed E-state index contributed by atoms with van der Waals surface area (Å²) in [5.74, 6) is -1.37. The topological polar surface area (TPSA) is 104 Å². The summed E-state index contributed by atoms with van der Waals surface area (Å²) in [5.41, 5.74) is 4.33. The van der Waals surface area contributed by atoms with E-state index in [0.29, 0.717) is 20.7 Å². The molecule has 5 N–H and O–H groups in total. The molecule has 0 aliphatic carbocycles. The lowest BCUT2D eigenvalue weighted by molar-refractivity contribution is -0.130. The summed E-state index contributed by atoms with van der Waals surface area (Å²) in [4.78, 5) is 23.5. The van der Waals surface area contributed by atoms with Crippen molar-refractivity contribution in [3.05, 3.63) is 39.9 Å². The largest absolute Gasteiger partial charge is 0.381 e. The number of nitrogens with one attached hydrogen (secondary N) is 2. The molecule has 1 heterocycles. The molecule has 9 heteroatoms. The van der Waals surface area contributed by atoms with Crippen molar-refractivity contribution in [2.75, 3.05) is 10.6 Å². The Morgan fingerprint density at radius 3 is 2.33 bits per heavy atom. The van der Waals surface area contributed by atoms with Crippen molar-refractivity contribution in [1.82, 2.24) is 0 Å². The fourth-order valence-corrected chi connectivity index (χ4v) is 3.18. The van der Waals surface area contributed by atoms with Crippen LogP contribution < -0.4 is 16.4 Å². The second-order valence-electron chi connectivity index (χ2n) is 5.45. The van der Waals surface area contributed by atoms with Gasteiger partial charge in [0.2, 0.25) is 0 Å². The minimum absolute atomic E-state index is 0.114. The van der Waals surface area contributed by atoms with E-state index in [1.54, 1.807) is 18.2 Å². The summed E-state index contributed by atoms with van der Waals surface area (Å²) < 4.78 is 0. The van der Waals surface area contributed by atoms with Gasteiger partial charge in [0.1, 0.15) is 10.6 Å². The summed E-state index contributed by atoms with van der Waals surface area (Å²) >= 11 is 13.3. The van der Waals surface area contributed by atoms with Crippen molar-refractivity contribution in [1.29, 1.82) is 0 Å². The highest BCUT2D eigenvalue weighted by molar-refractivity contribution is 7.20. The molecule has 0 bridgehead atoms. The van der Waals surface area contributed by atoms with Gasteiger partial charge in [-0.3, -0.25) is 9.59 Å². The van der Waals surface area contributed by atoms with Gasteiger partial charge in [-0.2, -0.15) is 0 Å². The molecule has 6 nitrogen and oxygen atoms in total. The molecule has 0 radical (unpaired) electrons. The number of hydrogen-bond donors (Lipinski definition) is 4. The summed E-state index contributed by atoms with van der Waals surface area (Å²) in [7, 11) is 0. The number of benzene rings is 1. The highest BCUT2D eigenvalue weighted by Gasteiger charge is 2.26. The van der Waals surface area contributed by atoms with Crippen molar-refractivity contribution in [2.45, 2.75) is 19.4 Å². The SMILES string of the molecule is CC(C)(O)C(=O)Nc1sc(Nc2c(Cl)cccc2Cl)cc1C(N)=O. The first-order valence-electron chi connectivity index (χ1n) is 6.78. The first-order valence-corrected chi connectivity index (χ1v) is 8.35. The Bertz CT molecular complexity index is 779. The molecule has 2 amide bonds. The number of hydrogen-bond acceptors (Lipinski definition) is 5. The van der Waals surface area contributed by atoms with Crippen LogP contribution in [0.1, 0.15) is 24.2 Å². The Kier molecular flexibility index (Phi) is 5.39. The van der Waals surface area contributed by atoms with Gasteiger partial charge in [-0.25, -0.2) is 0 Å². The molecular formula is C15H15Cl2N3O3S. The molecule has 0 fully saturated rings. The Morgan fingerprint density at radius 1 is 1.25 bits per heavy atom. The lowest BCUT2D eigenvalue weighted by Crippen LogP contribution is -2.36. The zero-order chi connectivity index (χ0) is 18.1. The lowest BCUT2D eigenvalue weighted by Gasteiger charge is -2.16. The van der Waals surface area contributed by atoms with Gasteiger partial charge >= 0.3 is 0 Å². The van der Waals surface area contributed by atoms with E-state index in [2.05, 4.69) is 10.6 Å². The monoisotopic (exact) mass is 387 g/mol. The van der Waals surface area contributed by atoms with Crippen molar-refractivity contribution >= 4 is 62.0 Å².